The molecule has 22 heavy (non-hydrogen) atoms. The minimum atomic E-state index is -1.19. The van der Waals surface area contributed by atoms with Crippen molar-refractivity contribution in [3.8, 4) is 0 Å². The molecule has 2 unspecified atom stereocenters. The molecule has 0 bridgehead atoms. The summed E-state index contributed by atoms with van der Waals surface area (Å²) in [5.74, 6) is 2.00. The number of carboxylic acids is 1. The number of fused-ring (bicyclic) bond motifs is 1. The first kappa shape index (κ1) is 16.6. The van der Waals surface area contributed by atoms with E-state index in [4.69, 9.17) is 27.3 Å². The summed E-state index contributed by atoms with van der Waals surface area (Å²) in [6.07, 6.45) is 0.330. The standard InChI is InChI=1S/C11H12ClN3O6S/c12-3-7(16)15(13)11(20)21-4-5-8(17)14-6(10(18)19)1-2-22-9(5)14/h1,5,9H,2-4,13H2,(H,18,19). The quantitative estimate of drug-likeness (QED) is 0.230. The van der Waals surface area contributed by atoms with E-state index < -0.39 is 41.0 Å². The Labute approximate surface area is 133 Å². The number of ether oxygens (including phenoxy) is 1. The van der Waals surface area contributed by atoms with Crippen molar-refractivity contribution in [2.24, 2.45) is 11.8 Å². The second-order valence-corrected chi connectivity index (χ2v) is 5.82. The third-order valence-corrected chi connectivity index (χ3v) is 4.61. The number of aliphatic carboxylic acids is 1. The van der Waals surface area contributed by atoms with E-state index in [0.717, 1.165) is 4.90 Å². The van der Waals surface area contributed by atoms with E-state index >= 15 is 0 Å². The Morgan fingerprint density at radius 3 is 2.82 bits per heavy atom. The predicted molar refractivity (Wildman–Crippen MR) is 75.4 cm³/mol. The molecule has 0 aromatic heterocycles. The summed E-state index contributed by atoms with van der Waals surface area (Å²) in [5, 5.41) is 8.83. The van der Waals surface area contributed by atoms with E-state index in [2.05, 4.69) is 0 Å². The molecule has 0 aliphatic carbocycles. The van der Waals surface area contributed by atoms with Crippen LogP contribution < -0.4 is 5.84 Å². The molecule has 1 saturated heterocycles. The van der Waals surface area contributed by atoms with E-state index in [1.807, 2.05) is 0 Å². The zero-order chi connectivity index (χ0) is 16.4. The van der Waals surface area contributed by atoms with Crippen molar-refractivity contribution in [3.63, 3.8) is 0 Å². The molecule has 0 spiro atoms. The zero-order valence-electron chi connectivity index (χ0n) is 11.1. The van der Waals surface area contributed by atoms with Crippen molar-refractivity contribution in [1.29, 1.82) is 0 Å². The topological polar surface area (TPSA) is 130 Å². The lowest BCUT2D eigenvalue weighted by molar-refractivity contribution is -0.154. The van der Waals surface area contributed by atoms with E-state index in [0.29, 0.717) is 5.75 Å². The fourth-order valence-corrected chi connectivity index (χ4v) is 3.41. The number of nitrogens with two attached hydrogens (primary N) is 1. The number of carbonyl (C=O) groups excluding carboxylic acids is 3. The smallest absolute Gasteiger partial charge is 0.431 e. The van der Waals surface area contributed by atoms with Crippen LogP contribution in [0.4, 0.5) is 4.79 Å². The summed E-state index contributed by atoms with van der Waals surface area (Å²) in [4.78, 5) is 46.7. The summed E-state index contributed by atoms with van der Waals surface area (Å²) in [6, 6.07) is 0. The van der Waals surface area contributed by atoms with Crippen LogP contribution in [0.5, 0.6) is 0 Å². The van der Waals surface area contributed by atoms with Crippen LogP contribution >= 0.6 is 23.4 Å². The zero-order valence-corrected chi connectivity index (χ0v) is 12.7. The Kier molecular flexibility index (Phi) is 4.94. The maximum absolute atomic E-state index is 12.0. The van der Waals surface area contributed by atoms with Gasteiger partial charge >= 0.3 is 12.1 Å². The van der Waals surface area contributed by atoms with Crippen molar-refractivity contribution in [2.75, 3.05) is 18.2 Å². The van der Waals surface area contributed by atoms with Gasteiger partial charge in [0.1, 0.15) is 24.1 Å². The number of thioether (sulfide) groups is 1. The summed E-state index contributed by atoms with van der Waals surface area (Å²) < 4.78 is 4.80. The Morgan fingerprint density at radius 2 is 2.23 bits per heavy atom. The van der Waals surface area contributed by atoms with E-state index in [1.54, 1.807) is 0 Å². The molecular formula is C11H12ClN3O6S. The van der Waals surface area contributed by atoms with Crippen LogP contribution in [0.2, 0.25) is 0 Å². The van der Waals surface area contributed by atoms with E-state index in [1.165, 1.54) is 17.8 Å². The van der Waals surface area contributed by atoms with Gasteiger partial charge < -0.3 is 9.84 Å². The highest BCUT2D eigenvalue weighted by molar-refractivity contribution is 8.00. The molecular weight excluding hydrogens is 338 g/mol. The first-order valence-corrected chi connectivity index (χ1v) is 7.65. The van der Waals surface area contributed by atoms with Gasteiger partial charge in [0, 0.05) is 5.75 Å². The molecule has 2 aliphatic heterocycles. The maximum atomic E-state index is 12.0. The van der Waals surface area contributed by atoms with Gasteiger partial charge in [-0.1, -0.05) is 0 Å². The van der Waals surface area contributed by atoms with Crippen LogP contribution in [0, 0.1) is 5.92 Å². The number of hydrogen-bond acceptors (Lipinski definition) is 7. The number of alkyl halides is 1. The molecule has 0 saturated carbocycles. The lowest BCUT2D eigenvalue weighted by Crippen LogP contribution is -2.62. The maximum Gasteiger partial charge on any atom is 0.431 e. The van der Waals surface area contributed by atoms with Gasteiger partial charge in [-0.25, -0.2) is 15.4 Å². The number of hydrazine groups is 1. The molecule has 9 nitrogen and oxygen atoms in total. The highest BCUT2D eigenvalue weighted by atomic mass is 35.5. The number of hydrogen-bond donors (Lipinski definition) is 2. The number of β-lactam (4-membered cyclic amide) rings is 1. The largest absolute Gasteiger partial charge is 0.477 e. The molecule has 11 heteroatoms. The molecule has 2 heterocycles. The van der Waals surface area contributed by atoms with Crippen LogP contribution in [0.3, 0.4) is 0 Å². The molecule has 2 rings (SSSR count). The lowest BCUT2D eigenvalue weighted by Gasteiger charge is -2.47. The number of imide groups is 1. The first-order chi connectivity index (χ1) is 10.4. The van der Waals surface area contributed by atoms with Gasteiger partial charge in [0.15, 0.2) is 0 Å². The number of carboxylic acid groups (broad SMARTS) is 1. The predicted octanol–water partition coefficient (Wildman–Crippen LogP) is -0.436. The minimum Gasteiger partial charge on any atom is -0.477 e. The molecule has 120 valence electrons. The summed E-state index contributed by atoms with van der Waals surface area (Å²) in [5.41, 5.74) is -0.0749. The molecule has 0 aromatic carbocycles. The highest BCUT2D eigenvalue weighted by Gasteiger charge is 2.52. The molecule has 0 radical (unpaired) electrons. The average molecular weight is 350 g/mol. The Morgan fingerprint density at radius 1 is 1.55 bits per heavy atom. The van der Waals surface area contributed by atoms with Gasteiger partial charge in [0.05, 0.1) is 5.37 Å². The van der Waals surface area contributed by atoms with Crippen LogP contribution in [0.15, 0.2) is 11.8 Å². The number of nitrogens with zero attached hydrogens (tertiary/aromatic N) is 2. The molecule has 2 aliphatic rings. The average Bonchev–Trinajstić information content (AvgIpc) is 2.51. The summed E-state index contributed by atoms with van der Waals surface area (Å²) in [7, 11) is 0. The Balaban J connectivity index is 1.93. The molecule has 3 amide bonds. The van der Waals surface area contributed by atoms with Crippen molar-refractivity contribution in [1.82, 2.24) is 9.91 Å². The lowest BCUT2D eigenvalue weighted by atomic mass is 9.97. The third-order valence-electron chi connectivity index (χ3n) is 3.14. The molecule has 1 fully saturated rings. The minimum absolute atomic E-state index is 0.0749. The van der Waals surface area contributed by atoms with Crippen molar-refractivity contribution < 1.29 is 29.0 Å². The second-order valence-electron chi connectivity index (χ2n) is 4.41. The van der Waals surface area contributed by atoms with E-state index in [9.17, 15) is 19.2 Å². The number of amides is 3. The van der Waals surface area contributed by atoms with Crippen molar-refractivity contribution in [3.05, 3.63) is 11.8 Å². The van der Waals surface area contributed by atoms with Gasteiger partial charge in [-0.3, -0.25) is 14.5 Å². The SMILES string of the molecule is NN(C(=O)CCl)C(=O)OCC1C(=O)N2C(C(=O)O)=CCSC12. The van der Waals surface area contributed by atoms with Crippen LogP contribution in [-0.4, -0.2) is 62.5 Å². The van der Waals surface area contributed by atoms with Gasteiger partial charge in [0.25, 0.3) is 5.91 Å². The fraction of sp³-hybridized carbons (Fsp3) is 0.455. The molecule has 0 aromatic rings. The Hall–Kier alpha value is -1.78. The highest BCUT2D eigenvalue weighted by Crippen LogP contribution is 2.41. The van der Waals surface area contributed by atoms with E-state index in [-0.39, 0.29) is 17.3 Å². The van der Waals surface area contributed by atoms with Gasteiger partial charge in [-0.15, -0.1) is 23.4 Å². The van der Waals surface area contributed by atoms with Crippen molar-refractivity contribution >= 4 is 47.2 Å². The number of rotatable bonds is 4. The summed E-state index contributed by atoms with van der Waals surface area (Å²) in [6.45, 7) is -0.290. The second kappa shape index (κ2) is 6.55. The monoisotopic (exact) mass is 349 g/mol. The van der Waals surface area contributed by atoms with Crippen LogP contribution in [0.25, 0.3) is 0 Å². The Bertz CT molecular complexity index is 568. The molecule has 3 N–H and O–H groups in total. The third kappa shape index (κ3) is 2.89. The summed E-state index contributed by atoms with van der Waals surface area (Å²) >= 11 is 6.61. The fourth-order valence-electron chi connectivity index (χ4n) is 2.04. The normalized spacial score (nSPS) is 23.1. The van der Waals surface area contributed by atoms with Crippen LogP contribution in [-0.2, 0) is 19.1 Å². The first-order valence-electron chi connectivity index (χ1n) is 6.07. The van der Waals surface area contributed by atoms with Crippen LogP contribution in [0.1, 0.15) is 0 Å². The van der Waals surface area contributed by atoms with Gasteiger partial charge in [-0.05, 0) is 6.08 Å². The van der Waals surface area contributed by atoms with Gasteiger partial charge in [0.2, 0.25) is 5.91 Å². The molecule has 2 atom stereocenters. The van der Waals surface area contributed by atoms with Gasteiger partial charge in [-0.2, -0.15) is 5.01 Å². The number of halogens is 1. The number of carbonyl (C=O) groups is 4. The van der Waals surface area contributed by atoms with Crippen molar-refractivity contribution in [2.45, 2.75) is 5.37 Å².